The summed E-state index contributed by atoms with van der Waals surface area (Å²) in [5.74, 6) is -1.04. The monoisotopic (exact) mass is 389 g/mol. The third kappa shape index (κ3) is 17.2. The molecule has 0 heterocycles. The van der Waals surface area contributed by atoms with E-state index < -0.39 is 24.3 Å². The first kappa shape index (κ1) is 25.8. The molecule has 0 aliphatic heterocycles. The summed E-state index contributed by atoms with van der Waals surface area (Å²) in [6.45, 7) is 2.01. The molecule has 0 amide bonds. The summed E-state index contributed by atoms with van der Waals surface area (Å²) >= 11 is 0. The van der Waals surface area contributed by atoms with Crippen molar-refractivity contribution in [3.05, 3.63) is 72.9 Å². The number of hydrogen-bond acceptors (Lipinski definition) is 5. The van der Waals surface area contributed by atoms with Crippen molar-refractivity contribution < 1.29 is 25.2 Å². The van der Waals surface area contributed by atoms with Gasteiger partial charge in [-0.2, -0.15) is 0 Å². The molecule has 0 rings (SSSR count). The number of aliphatic hydroxyl groups excluding tert-OH is 3. The average molecular weight is 390 g/mol. The Hall–Kier alpha value is -2.21. The fourth-order valence-electron chi connectivity index (χ4n) is 2.09. The molecule has 0 aromatic heterocycles. The van der Waals surface area contributed by atoms with Crippen molar-refractivity contribution >= 4 is 5.97 Å². The number of aliphatic carboxylic acids is 1. The fraction of sp³-hybridized carbons (Fsp3) is 0.435. The Labute approximate surface area is 168 Å². The maximum atomic E-state index is 10.2. The minimum Gasteiger partial charge on any atom is -0.550 e. The van der Waals surface area contributed by atoms with E-state index in [-0.39, 0.29) is 6.42 Å². The first-order chi connectivity index (χ1) is 13.5. The molecule has 5 heteroatoms. The molecule has 0 aliphatic carbocycles. The Kier molecular flexibility index (Phi) is 16.7. The maximum absolute atomic E-state index is 10.2. The van der Waals surface area contributed by atoms with Crippen molar-refractivity contribution in [2.45, 2.75) is 63.8 Å². The Morgan fingerprint density at radius 3 is 2.11 bits per heavy atom. The number of carbonyl (C=O) groups is 1. The van der Waals surface area contributed by atoms with Crippen LogP contribution in [0.2, 0.25) is 0 Å². The molecule has 0 aromatic rings. The van der Waals surface area contributed by atoms with Crippen LogP contribution in [0.15, 0.2) is 72.9 Å². The number of allylic oxidation sites excluding steroid dienone is 8. The molecule has 3 atom stereocenters. The molecule has 0 unspecified atom stereocenters. The predicted molar refractivity (Wildman–Crippen MR) is 111 cm³/mol. The standard InChI is InChI=1S/C23H34O5/c1-2-3-10-17-21(25)22(26)18-13-7-5-4-6-11-15-20(24)16-12-8-9-14-19-23(27)28/h3-8,10-13,15,18,20-22,24-26H,2,9,14,16-17,19H2,1H3,(H,27,28)/p-1/b6-4-,7-5+,10-3-,12-8-,15-11+,18-13+/t20-,21+,22-/m1/s1. The molecule has 5 nitrogen and oxygen atoms in total. The smallest absolute Gasteiger partial charge is 0.0986 e. The van der Waals surface area contributed by atoms with Gasteiger partial charge in [-0.25, -0.2) is 0 Å². The zero-order valence-electron chi connectivity index (χ0n) is 16.6. The van der Waals surface area contributed by atoms with E-state index >= 15 is 0 Å². The van der Waals surface area contributed by atoms with E-state index in [1.807, 2.05) is 31.2 Å². The lowest BCUT2D eigenvalue weighted by Crippen LogP contribution is -2.22. The molecule has 0 saturated carbocycles. The minimum atomic E-state index is -1.04. The van der Waals surface area contributed by atoms with Gasteiger partial charge in [0.2, 0.25) is 0 Å². The summed E-state index contributed by atoms with van der Waals surface area (Å²) in [4.78, 5) is 10.2. The summed E-state index contributed by atoms with van der Waals surface area (Å²) in [5, 5.41) is 39.5. The highest BCUT2D eigenvalue weighted by Gasteiger charge is 2.10. The van der Waals surface area contributed by atoms with Crippen LogP contribution in [0.1, 0.15) is 45.4 Å². The summed E-state index contributed by atoms with van der Waals surface area (Å²) < 4.78 is 0. The number of rotatable bonds is 15. The number of unbranched alkanes of at least 4 members (excludes halogenated alkanes) is 1. The second kappa shape index (κ2) is 18.2. The van der Waals surface area contributed by atoms with E-state index in [1.54, 1.807) is 42.5 Å². The van der Waals surface area contributed by atoms with Crippen LogP contribution in [0.5, 0.6) is 0 Å². The summed E-state index contributed by atoms with van der Waals surface area (Å²) in [6.07, 6.45) is 21.9. The van der Waals surface area contributed by atoms with Gasteiger partial charge in [-0.05, 0) is 38.5 Å². The molecule has 0 spiro atoms. The van der Waals surface area contributed by atoms with Gasteiger partial charge in [-0.3, -0.25) is 0 Å². The van der Waals surface area contributed by atoms with Crippen LogP contribution in [0.4, 0.5) is 0 Å². The molecule has 0 fully saturated rings. The molecular weight excluding hydrogens is 356 g/mol. The van der Waals surface area contributed by atoms with Crippen LogP contribution >= 0.6 is 0 Å². The number of aliphatic hydroxyl groups is 3. The van der Waals surface area contributed by atoms with Gasteiger partial charge in [0.25, 0.3) is 0 Å². The average Bonchev–Trinajstić information content (AvgIpc) is 2.66. The Morgan fingerprint density at radius 2 is 1.46 bits per heavy atom. The summed E-state index contributed by atoms with van der Waals surface area (Å²) in [7, 11) is 0. The predicted octanol–water partition coefficient (Wildman–Crippen LogP) is 2.52. The lowest BCUT2D eigenvalue weighted by molar-refractivity contribution is -0.305. The number of carbonyl (C=O) groups excluding carboxylic acids is 1. The van der Waals surface area contributed by atoms with Crippen LogP contribution in [-0.4, -0.2) is 39.6 Å². The molecule has 0 aliphatic rings. The van der Waals surface area contributed by atoms with Gasteiger partial charge in [0.15, 0.2) is 0 Å². The highest BCUT2D eigenvalue weighted by molar-refractivity contribution is 5.64. The normalized spacial score (nSPS) is 16.4. The second-order valence-corrected chi connectivity index (χ2v) is 6.25. The van der Waals surface area contributed by atoms with E-state index in [9.17, 15) is 25.2 Å². The van der Waals surface area contributed by atoms with Gasteiger partial charge in [-0.15, -0.1) is 0 Å². The van der Waals surface area contributed by atoms with Crippen molar-refractivity contribution in [3.63, 3.8) is 0 Å². The number of carboxylic acids is 1. The molecule has 0 aromatic carbocycles. The molecule has 28 heavy (non-hydrogen) atoms. The zero-order chi connectivity index (χ0) is 21.0. The van der Waals surface area contributed by atoms with Crippen LogP contribution in [0.3, 0.4) is 0 Å². The first-order valence-electron chi connectivity index (χ1n) is 9.69. The van der Waals surface area contributed by atoms with Gasteiger partial charge in [-0.1, -0.05) is 79.8 Å². The van der Waals surface area contributed by atoms with Crippen molar-refractivity contribution in [1.82, 2.24) is 0 Å². The van der Waals surface area contributed by atoms with Crippen molar-refractivity contribution in [1.29, 1.82) is 0 Å². The highest BCUT2D eigenvalue weighted by atomic mass is 16.4. The van der Waals surface area contributed by atoms with Crippen molar-refractivity contribution in [3.8, 4) is 0 Å². The lowest BCUT2D eigenvalue weighted by Gasteiger charge is -2.11. The highest BCUT2D eigenvalue weighted by Crippen LogP contribution is 2.03. The Bertz CT molecular complexity index is 570. The summed E-state index contributed by atoms with van der Waals surface area (Å²) in [6, 6.07) is 0. The number of hydrogen-bond donors (Lipinski definition) is 3. The van der Waals surface area contributed by atoms with Gasteiger partial charge in [0.05, 0.1) is 18.3 Å². The molecule has 156 valence electrons. The van der Waals surface area contributed by atoms with Crippen molar-refractivity contribution in [2.24, 2.45) is 0 Å². The SMILES string of the molecule is CC/C=C\C[C@H](O)[C@H](O)/C=C/C=C/C=C\C=C\[C@@H](O)C/C=C\CCCC(=O)[O-]. The maximum Gasteiger partial charge on any atom is 0.0986 e. The largest absolute Gasteiger partial charge is 0.550 e. The molecule has 3 N–H and O–H groups in total. The van der Waals surface area contributed by atoms with Crippen LogP contribution in [0, 0.1) is 0 Å². The third-order valence-electron chi connectivity index (χ3n) is 3.67. The van der Waals surface area contributed by atoms with Gasteiger partial charge < -0.3 is 25.2 Å². The van der Waals surface area contributed by atoms with E-state index in [4.69, 9.17) is 0 Å². The minimum absolute atomic E-state index is 0.0517. The summed E-state index contributed by atoms with van der Waals surface area (Å²) in [5.41, 5.74) is 0. The third-order valence-corrected chi connectivity index (χ3v) is 3.67. The van der Waals surface area contributed by atoms with Crippen LogP contribution in [0.25, 0.3) is 0 Å². The molecular formula is C23H33O5-. The topological polar surface area (TPSA) is 101 Å². The van der Waals surface area contributed by atoms with E-state index in [0.29, 0.717) is 25.7 Å². The van der Waals surface area contributed by atoms with E-state index in [1.165, 1.54) is 6.08 Å². The zero-order valence-corrected chi connectivity index (χ0v) is 16.6. The fourth-order valence-corrected chi connectivity index (χ4v) is 2.09. The Morgan fingerprint density at radius 1 is 0.857 bits per heavy atom. The quantitative estimate of drug-likeness (QED) is 0.227. The second-order valence-electron chi connectivity index (χ2n) is 6.25. The van der Waals surface area contributed by atoms with Gasteiger partial charge in [0.1, 0.15) is 0 Å². The first-order valence-corrected chi connectivity index (χ1v) is 9.69. The molecule has 0 saturated heterocycles. The van der Waals surface area contributed by atoms with Crippen LogP contribution < -0.4 is 5.11 Å². The van der Waals surface area contributed by atoms with E-state index in [0.717, 1.165) is 6.42 Å². The van der Waals surface area contributed by atoms with Gasteiger partial charge in [0, 0.05) is 5.97 Å². The molecule has 0 bridgehead atoms. The Balaban J connectivity index is 4.00. The lowest BCUT2D eigenvalue weighted by atomic mass is 10.1. The van der Waals surface area contributed by atoms with Gasteiger partial charge >= 0.3 is 0 Å². The van der Waals surface area contributed by atoms with E-state index in [2.05, 4.69) is 0 Å². The van der Waals surface area contributed by atoms with Crippen LogP contribution in [-0.2, 0) is 4.79 Å². The number of carboxylic acid groups (broad SMARTS) is 1. The molecule has 0 radical (unpaired) electrons. The van der Waals surface area contributed by atoms with Crippen molar-refractivity contribution in [2.75, 3.05) is 0 Å².